The number of aryl methyl sites for hydroxylation is 1. The third kappa shape index (κ3) is 4.58. The lowest BCUT2D eigenvalue weighted by atomic mass is 9.92. The molecule has 0 saturated carbocycles. The minimum absolute atomic E-state index is 0.101. The molecule has 0 bridgehead atoms. The molecule has 31 heavy (non-hydrogen) atoms. The maximum Gasteiger partial charge on any atom is 0.417 e. The third-order valence-corrected chi connectivity index (χ3v) is 5.23. The number of aliphatic carboxylic acids is 1. The highest BCUT2D eigenvalue weighted by Gasteiger charge is 2.34. The van der Waals surface area contributed by atoms with Crippen molar-refractivity contribution in [1.29, 1.82) is 0 Å². The molecule has 164 valence electrons. The average molecular weight is 453 g/mol. The van der Waals surface area contributed by atoms with Crippen molar-refractivity contribution < 1.29 is 23.1 Å². The minimum atomic E-state index is -4.61. The molecule has 0 aliphatic rings. The normalized spacial score (nSPS) is 12.4. The molecule has 3 aromatic rings. The smallest absolute Gasteiger partial charge is 0.417 e. The van der Waals surface area contributed by atoms with Crippen molar-refractivity contribution in [2.75, 3.05) is 0 Å². The molecule has 0 atom stereocenters. The van der Waals surface area contributed by atoms with Gasteiger partial charge in [0.05, 0.1) is 28.0 Å². The van der Waals surface area contributed by atoms with Crippen LogP contribution in [0.25, 0.3) is 22.2 Å². The highest BCUT2D eigenvalue weighted by atomic mass is 35.5. The lowest BCUT2D eigenvalue weighted by molar-refractivity contribution is -0.138. The molecule has 2 aromatic carbocycles. The van der Waals surface area contributed by atoms with E-state index in [0.717, 1.165) is 6.07 Å². The number of carboxylic acid groups (broad SMARTS) is 1. The molecule has 0 aliphatic carbocycles. The molecular weight excluding hydrogens is 433 g/mol. The lowest BCUT2D eigenvalue weighted by Gasteiger charge is -2.20. The summed E-state index contributed by atoms with van der Waals surface area (Å²) in [6.45, 7) is 5.36. The number of fused-ring (bicyclic) bond motifs is 1. The highest BCUT2D eigenvalue weighted by molar-refractivity contribution is 6.34. The summed E-state index contributed by atoms with van der Waals surface area (Å²) in [5.41, 5.74) is -0.445. The summed E-state index contributed by atoms with van der Waals surface area (Å²) >= 11 is 6.06. The van der Waals surface area contributed by atoms with Crippen molar-refractivity contribution >= 4 is 28.6 Å². The van der Waals surface area contributed by atoms with Gasteiger partial charge in [-0.15, -0.1) is 0 Å². The molecule has 1 heterocycles. The van der Waals surface area contributed by atoms with Gasteiger partial charge >= 0.3 is 12.1 Å². The van der Waals surface area contributed by atoms with Crippen molar-refractivity contribution in [2.45, 2.75) is 45.3 Å². The summed E-state index contributed by atoms with van der Waals surface area (Å²) in [5, 5.41) is 8.64. The van der Waals surface area contributed by atoms with Crippen LogP contribution in [0, 0.1) is 0 Å². The summed E-state index contributed by atoms with van der Waals surface area (Å²) in [6.07, 6.45) is -4.91. The highest BCUT2D eigenvalue weighted by Crippen LogP contribution is 2.40. The summed E-state index contributed by atoms with van der Waals surface area (Å²) in [7, 11) is 0. The van der Waals surface area contributed by atoms with Crippen molar-refractivity contribution in [1.82, 2.24) is 9.55 Å². The van der Waals surface area contributed by atoms with Crippen LogP contribution in [0.1, 0.15) is 38.4 Å². The number of hydrogen-bond acceptors (Lipinski definition) is 3. The van der Waals surface area contributed by atoms with Gasteiger partial charge in [0.25, 0.3) is 5.56 Å². The number of nitrogens with zero attached hydrogens (tertiary/aromatic N) is 2. The van der Waals surface area contributed by atoms with Crippen LogP contribution in [-0.4, -0.2) is 20.6 Å². The maximum absolute atomic E-state index is 13.3. The van der Waals surface area contributed by atoms with Crippen LogP contribution < -0.4 is 5.56 Å². The number of carboxylic acids is 1. The van der Waals surface area contributed by atoms with E-state index in [-0.39, 0.29) is 24.2 Å². The standard InChI is InChI=1S/C22H20ClF3N2O3/c1-21(2,3)19-20(31)28(10-9-17(29)30)16-11-12(7-8-15(16)27-19)13-5-4-6-14(18(13)23)22(24,25)26/h4-8,11H,9-10H2,1-3H3,(H,29,30). The second kappa shape index (κ2) is 8.00. The molecule has 0 unspecified atom stereocenters. The Morgan fingerprint density at radius 2 is 1.84 bits per heavy atom. The molecule has 5 nitrogen and oxygen atoms in total. The fourth-order valence-corrected chi connectivity index (χ4v) is 3.64. The van der Waals surface area contributed by atoms with Crippen LogP contribution in [0.5, 0.6) is 0 Å². The predicted molar refractivity (Wildman–Crippen MR) is 112 cm³/mol. The van der Waals surface area contributed by atoms with Gasteiger partial charge in [0.1, 0.15) is 5.69 Å². The van der Waals surface area contributed by atoms with E-state index in [1.165, 1.54) is 22.8 Å². The molecule has 0 fully saturated rings. The quantitative estimate of drug-likeness (QED) is 0.566. The van der Waals surface area contributed by atoms with Crippen LogP contribution in [0.4, 0.5) is 13.2 Å². The van der Waals surface area contributed by atoms with Crippen molar-refractivity contribution in [3.63, 3.8) is 0 Å². The van der Waals surface area contributed by atoms with Crippen molar-refractivity contribution in [2.24, 2.45) is 0 Å². The Hall–Kier alpha value is -2.87. The first-order chi connectivity index (χ1) is 14.3. The first-order valence-corrected chi connectivity index (χ1v) is 9.81. The summed E-state index contributed by atoms with van der Waals surface area (Å²) < 4.78 is 41.1. The van der Waals surface area contributed by atoms with E-state index in [4.69, 9.17) is 16.7 Å². The van der Waals surface area contributed by atoms with Gasteiger partial charge in [0.15, 0.2) is 0 Å². The molecule has 0 aliphatic heterocycles. The van der Waals surface area contributed by atoms with E-state index in [2.05, 4.69) is 4.98 Å². The van der Waals surface area contributed by atoms with Crippen molar-refractivity contribution in [3.05, 3.63) is 63.0 Å². The SMILES string of the molecule is CC(C)(C)c1nc2ccc(-c3cccc(C(F)(F)F)c3Cl)cc2n(CCC(=O)O)c1=O. The van der Waals surface area contributed by atoms with E-state index in [9.17, 15) is 22.8 Å². The van der Waals surface area contributed by atoms with Gasteiger partial charge < -0.3 is 9.67 Å². The maximum atomic E-state index is 13.3. The summed E-state index contributed by atoms with van der Waals surface area (Å²) in [4.78, 5) is 28.6. The largest absolute Gasteiger partial charge is 0.481 e. The van der Waals surface area contributed by atoms with Gasteiger partial charge in [-0.25, -0.2) is 4.98 Å². The number of benzene rings is 2. The second-order valence-corrected chi connectivity index (χ2v) is 8.56. The molecule has 0 radical (unpaired) electrons. The van der Waals surface area contributed by atoms with Gasteiger partial charge in [-0.05, 0) is 23.8 Å². The fourth-order valence-electron chi connectivity index (χ4n) is 3.30. The number of carbonyl (C=O) groups is 1. The van der Waals surface area contributed by atoms with Crippen LogP contribution in [0.3, 0.4) is 0 Å². The van der Waals surface area contributed by atoms with E-state index < -0.39 is 33.7 Å². The Morgan fingerprint density at radius 1 is 1.16 bits per heavy atom. The van der Waals surface area contributed by atoms with Gasteiger partial charge in [-0.1, -0.05) is 50.6 Å². The predicted octanol–water partition coefficient (Wildman–Crippen LogP) is 5.51. The topological polar surface area (TPSA) is 72.2 Å². The Labute approximate surface area is 181 Å². The van der Waals surface area contributed by atoms with Crippen LogP contribution in [-0.2, 0) is 22.9 Å². The van der Waals surface area contributed by atoms with Crippen LogP contribution in [0.15, 0.2) is 41.2 Å². The Balaban J connectivity index is 2.28. The fraction of sp³-hybridized carbons (Fsp3) is 0.318. The zero-order valence-electron chi connectivity index (χ0n) is 17.0. The molecule has 1 aromatic heterocycles. The molecule has 9 heteroatoms. The Morgan fingerprint density at radius 3 is 2.42 bits per heavy atom. The molecular formula is C22H20ClF3N2O3. The lowest BCUT2D eigenvalue weighted by Crippen LogP contribution is -2.33. The minimum Gasteiger partial charge on any atom is -0.481 e. The average Bonchev–Trinajstić information content (AvgIpc) is 2.64. The van der Waals surface area contributed by atoms with Crippen molar-refractivity contribution in [3.8, 4) is 11.1 Å². The molecule has 0 saturated heterocycles. The van der Waals surface area contributed by atoms with Gasteiger partial charge in [-0.2, -0.15) is 13.2 Å². The van der Waals surface area contributed by atoms with Crippen LogP contribution >= 0.6 is 11.6 Å². The first kappa shape index (κ1) is 22.8. The number of alkyl halides is 3. The Bertz CT molecular complexity index is 1230. The number of hydrogen-bond donors (Lipinski definition) is 1. The first-order valence-electron chi connectivity index (χ1n) is 9.43. The van der Waals surface area contributed by atoms with Gasteiger partial charge in [-0.3, -0.25) is 9.59 Å². The van der Waals surface area contributed by atoms with Gasteiger partial charge in [0, 0.05) is 17.5 Å². The number of aromatic nitrogens is 2. The van der Waals surface area contributed by atoms with E-state index in [0.29, 0.717) is 16.6 Å². The van der Waals surface area contributed by atoms with Gasteiger partial charge in [0.2, 0.25) is 0 Å². The second-order valence-electron chi connectivity index (χ2n) is 8.18. The monoisotopic (exact) mass is 452 g/mol. The van der Waals surface area contributed by atoms with E-state index in [1.807, 2.05) is 20.8 Å². The number of halogens is 4. The van der Waals surface area contributed by atoms with E-state index in [1.54, 1.807) is 12.1 Å². The third-order valence-electron chi connectivity index (χ3n) is 4.82. The summed E-state index contributed by atoms with van der Waals surface area (Å²) in [5.74, 6) is -1.08. The molecule has 1 N–H and O–H groups in total. The molecule has 0 amide bonds. The summed E-state index contributed by atoms with van der Waals surface area (Å²) in [6, 6.07) is 8.29. The number of rotatable bonds is 4. The molecule has 3 rings (SSSR count). The Kier molecular flexibility index (Phi) is 5.88. The van der Waals surface area contributed by atoms with Crippen LogP contribution in [0.2, 0.25) is 5.02 Å². The zero-order valence-corrected chi connectivity index (χ0v) is 17.8. The molecule has 0 spiro atoms. The zero-order chi connectivity index (χ0) is 23.1. The van der Waals surface area contributed by atoms with E-state index >= 15 is 0 Å².